The van der Waals surface area contributed by atoms with Gasteiger partial charge in [0.2, 0.25) is 11.8 Å². The Bertz CT molecular complexity index is 631. The Morgan fingerprint density at radius 2 is 2.00 bits per heavy atom. The van der Waals surface area contributed by atoms with Gasteiger partial charge in [0.15, 0.2) is 6.04 Å². The van der Waals surface area contributed by atoms with Crippen molar-refractivity contribution in [2.75, 3.05) is 27.4 Å². The quantitative estimate of drug-likeness (QED) is 0.697. The normalized spacial score (nSPS) is 18.1. The molecule has 0 aromatic heterocycles. The maximum absolute atomic E-state index is 12.2. The first kappa shape index (κ1) is 18.7. The van der Waals surface area contributed by atoms with E-state index in [-0.39, 0.29) is 25.5 Å². The number of carboxylic acid groups (broad SMARTS) is 1. The number of likely N-dealkylation sites (tertiary alicyclic amines) is 1. The summed E-state index contributed by atoms with van der Waals surface area (Å²) in [6.07, 6.45) is 0.0707. The number of rotatable bonds is 8. The molecule has 136 valence electrons. The van der Waals surface area contributed by atoms with Crippen LogP contribution in [0.5, 0.6) is 5.75 Å². The van der Waals surface area contributed by atoms with Crippen molar-refractivity contribution >= 4 is 17.8 Å². The van der Waals surface area contributed by atoms with Gasteiger partial charge in [-0.2, -0.15) is 0 Å². The Balaban J connectivity index is 1.94. The summed E-state index contributed by atoms with van der Waals surface area (Å²) in [6.45, 7) is 0.528. The molecule has 2 N–H and O–H groups in total. The number of ether oxygens (including phenoxy) is 2. The zero-order valence-corrected chi connectivity index (χ0v) is 14.2. The number of methoxy groups -OCH3 is 2. The number of aliphatic carboxylic acids is 1. The van der Waals surface area contributed by atoms with Gasteiger partial charge in [0.05, 0.1) is 19.6 Å². The number of benzene rings is 1. The third-order valence-electron chi connectivity index (χ3n) is 4.07. The fraction of sp³-hybridized carbons (Fsp3) is 0.471. The van der Waals surface area contributed by atoms with E-state index in [1.54, 1.807) is 12.0 Å². The lowest BCUT2D eigenvalue weighted by Crippen LogP contribution is -2.46. The second kappa shape index (κ2) is 8.48. The van der Waals surface area contributed by atoms with Crippen molar-refractivity contribution < 1.29 is 29.0 Å². The van der Waals surface area contributed by atoms with E-state index in [4.69, 9.17) is 14.6 Å². The van der Waals surface area contributed by atoms with E-state index in [1.807, 2.05) is 24.3 Å². The Labute approximate surface area is 145 Å². The molecule has 1 fully saturated rings. The third-order valence-corrected chi connectivity index (χ3v) is 4.07. The average molecular weight is 350 g/mol. The number of hydrogen-bond acceptors (Lipinski definition) is 5. The minimum atomic E-state index is -1.17. The summed E-state index contributed by atoms with van der Waals surface area (Å²) < 4.78 is 9.88. The highest BCUT2D eigenvalue weighted by molar-refractivity contribution is 5.91. The number of carbonyl (C=O) groups is 3. The molecule has 25 heavy (non-hydrogen) atoms. The summed E-state index contributed by atoms with van der Waals surface area (Å²) >= 11 is 0. The highest BCUT2D eigenvalue weighted by atomic mass is 16.5. The van der Waals surface area contributed by atoms with Gasteiger partial charge in [-0.3, -0.25) is 9.59 Å². The van der Waals surface area contributed by atoms with Gasteiger partial charge in [-0.05, 0) is 17.7 Å². The molecule has 2 unspecified atom stereocenters. The van der Waals surface area contributed by atoms with Gasteiger partial charge in [-0.25, -0.2) is 4.79 Å². The van der Waals surface area contributed by atoms with Crippen LogP contribution >= 0.6 is 0 Å². The molecule has 0 spiro atoms. The van der Waals surface area contributed by atoms with Crippen LogP contribution in [0.2, 0.25) is 0 Å². The second-order valence-electron chi connectivity index (χ2n) is 5.88. The fourth-order valence-electron chi connectivity index (χ4n) is 2.68. The average Bonchev–Trinajstić information content (AvgIpc) is 2.96. The topological polar surface area (TPSA) is 105 Å². The smallest absolute Gasteiger partial charge is 0.328 e. The SMILES string of the molecule is COCC(NC(=O)C1CC(=O)N(Cc2ccc(OC)cc2)C1)C(=O)O. The summed E-state index contributed by atoms with van der Waals surface area (Å²) in [5.41, 5.74) is 0.929. The van der Waals surface area contributed by atoms with Crippen LogP contribution < -0.4 is 10.1 Å². The predicted octanol–water partition coefficient (Wildman–Crippen LogP) is 0.260. The van der Waals surface area contributed by atoms with Gasteiger partial charge in [0.1, 0.15) is 5.75 Å². The van der Waals surface area contributed by atoms with Crippen molar-refractivity contribution in [3.8, 4) is 5.75 Å². The van der Waals surface area contributed by atoms with E-state index in [9.17, 15) is 14.4 Å². The van der Waals surface area contributed by atoms with E-state index in [0.29, 0.717) is 6.54 Å². The van der Waals surface area contributed by atoms with Crippen LogP contribution in [-0.2, 0) is 25.7 Å². The van der Waals surface area contributed by atoms with Crippen molar-refractivity contribution in [1.29, 1.82) is 0 Å². The summed E-state index contributed by atoms with van der Waals surface area (Å²) in [7, 11) is 2.94. The molecular weight excluding hydrogens is 328 g/mol. The molecule has 0 saturated carbocycles. The number of nitrogens with zero attached hydrogens (tertiary/aromatic N) is 1. The van der Waals surface area contributed by atoms with Crippen molar-refractivity contribution in [2.24, 2.45) is 5.92 Å². The number of amides is 2. The molecule has 0 radical (unpaired) electrons. The number of carboxylic acids is 1. The largest absolute Gasteiger partial charge is 0.497 e. The van der Waals surface area contributed by atoms with Crippen molar-refractivity contribution in [1.82, 2.24) is 10.2 Å². The van der Waals surface area contributed by atoms with Gasteiger partial charge in [0, 0.05) is 26.6 Å². The molecule has 1 aliphatic rings. The monoisotopic (exact) mass is 350 g/mol. The van der Waals surface area contributed by atoms with E-state index in [1.165, 1.54) is 7.11 Å². The third kappa shape index (κ3) is 4.93. The molecule has 2 amide bonds. The Morgan fingerprint density at radius 1 is 1.32 bits per heavy atom. The highest BCUT2D eigenvalue weighted by Crippen LogP contribution is 2.21. The summed E-state index contributed by atoms with van der Waals surface area (Å²) in [5, 5.41) is 11.5. The second-order valence-corrected chi connectivity index (χ2v) is 5.88. The van der Waals surface area contributed by atoms with E-state index in [2.05, 4.69) is 5.32 Å². The maximum atomic E-state index is 12.2. The molecule has 1 aromatic rings. The molecule has 1 aromatic carbocycles. The van der Waals surface area contributed by atoms with Gasteiger partial charge in [-0.15, -0.1) is 0 Å². The Morgan fingerprint density at radius 3 is 2.56 bits per heavy atom. The molecule has 1 aliphatic heterocycles. The predicted molar refractivity (Wildman–Crippen MR) is 88.0 cm³/mol. The fourth-order valence-corrected chi connectivity index (χ4v) is 2.68. The van der Waals surface area contributed by atoms with Gasteiger partial charge < -0.3 is 24.8 Å². The van der Waals surface area contributed by atoms with Gasteiger partial charge in [0.25, 0.3) is 0 Å². The highest BCUT2D eigenvalue weighted by Gasteiger charge is 2.35. The summed E-state index contributed by atoms with van der Waals surface area (Å²) in [6, 6.07) is 6.21. The summed E-state index contributed by atoms with van der Waals surface area (Å²) in [4.78, 5) is 37.1. The minimum absolute atomic E-state index is 0.0707. The van der Waals surface area contributed by atoms with Crippen LogP contribution in [0.15, 0.2) is 24.3 Å². The minimum Gasteiger partial charge on any atom is -0.497 e. The number of hydrogen-bond donors (Lipinski definition) is 2. The summed E-state index contributed by atoms with van der Waals surface area (Å²) in [5.74, 6) is -1.59. The maximum Gasteiger partial charge on any atom is 0.328 e. The van der Waals surface area contributed by atoms with Crippen LogP contribution in [0.1, 0.15) is 12.0 Å². The first-order valence-corrected chi connectivity index (χ1v) is 7.87. The van der Waals surface area contributed by atoms with Crippen molar-refractivity contribution in [2.45, 2.75) is 19.0 Å². The standard InChI is InChI=1S/C17H22N2O6/c1-24-10-14(17(22)23)18-16(21)12-7-15(20)19(9-12)8-11-3-5-13(25-2)6-4-11/h3-6,12,14H,7-10H2,1-2H3,(H,18,21)(H,22,23). The lowest BCUT2D eigenvalue weighted by molar-refractivity contribution is -0.143. The molecular formula is C17H22N2O6. The molecule has 8 heteroatoms. The van der Waals surface area contributed by atoms with Crippen molar-refractivity contribution in [3.63, 3.8) is 0 Å². The molecule has 0 bridgehead atoms. The first-order valence-electron chi connectivity index (χ1n) is 7.87. The number of carbonyl (C=O) groups excluding carboxylic acids is 2. The zero-order valence-electron chi connectivity index (χ0n) is 14.2. The van der Waals surface area contributed by atoms with Crippen LogP contribution in [-0.4, -0.2) is 61.2 Å². The van der Waals surface area contributed by atoms with E-state index in [0.717, 1.165) is 11.3 Å². The molecule has 8 nitrogen and oxygen atoms in total. The molecule has 0 aliphatic carbocycles. The van der Waals surface area contributed by atoms with E-state index < -0.39 is 23.8 Å². The lowest BCUT2D eigenvalue weighted by Gasteiger charge is -2.18. The van der Waals surface area contributed by atoms with Gasteiger partial charge in [-0.1, -0.05) is 12.1 Å². The Hall–Kier alpha value is -2.61. The van der Waals surface area contributed by atoms with Crippen molar-refractivity contribution in [3.05, 3.63) is 29.8 Å². The number of nitrogens with one attached hydrogen (secondary N) is 1. The van der Waals surface area contributed by atoms with Gasteiger partial charge >= 0.3 is 5.97 Å². The van der Waals surface area contributed by atoms with Crippen LogP contribution in [0, 0.1) is 5.92 Å². The molecule has 2 rings (SSSR count). The molecule has 1 saturated heterocycles. The zero-order chi connectivity index (χ0) is 18.4. The molecule has 2 atom stereocenters. The van der Waals surface area contributed by atoms with Crippen LogP contribution in [0.4, 0.5) is 0 Å². The van der Waals surface area contributed by atoms with Crippen LogP contribution in [0.3, 0.4) is 0 Å². The van der Waals surface area contributed by atoms with Crippen LogP contribution in [0.25, 0.3) is 0 Å². The Kier molecular flexibility index (Phi) is 6.35. The lowest BCUT2D eigenvalue weighted by atomic mass is 10.1. The first-order chi connectivity index (χ1) is 11.9. The van der Waals surface area contributed by atoms with E-state index >= 15 is 0 Å². The molecule has 1 heterocycles.